The third-order valence-electron chi connectivity index (χ3n) is 6.45. The minimum absolute atomic E-state index is 0.0138. The lowest BCUT2D eigenvalue weighted by Gasteiger charge is -2.34. The molecule has 4 nitrogen and oxygen atoms in total. The molecule has 1 N–H and O–H groups in total. The van der Waals surface area contributed by atoms with Crippen molar-refractivity contribution in [1.82, 2.24) is 9.88 Å². The van der Waals surface area contributed by atoms with Gasteiger partial charge in [-0.3, -0.25) is 9.59 Å². The standard InChI is InChI=1S/C27H32N2O2/c1-27(2,3)22-15-13-19(14-16-22)26(31)29(23-10-5-4-6-11-23)18-21-17-20-9-7-8-12-24(20)28-25(21)30/h7-9,12-17,23H,4-6,10-11,18H2,1-3H3,(H,28,30). The summed E-state index contributed by atoms with van der Waals surface area (Å²) in [6.07, 6.45) is 5.47. The van der Waals surface area contributed by atoms with Gasteiger partial charge in [-0.2, -0.15) is 0 Å². The van der Waals surface area contributed by atoms with Crippen LogP contribution in [0.3, 0.4) is 0 Å². The van der Waals surface area contributed by atoms with Crippen LogP contribution in [-0.2, 0) is 12.0 Å². The van der Waals surface area contributed by atoms with Gasteiger partial charge in [-0.1, -0.05) is 70.4 Å². The van der Waals surface area contributed by atoms with E-state index < -0.39 is 0 Å². The first-order valence-corrected chi connectivity index (χ1v) is 11.4. The quantitative estimate of drug-likeness (QED) is 0.584. The molecular formula is C27H32N2O2. The van der Waals surface area contributed by atoms with Gasteiger partial charge in [-0.15, -0.1) is 0 Å². The average molecular weight is 417 g/mol. The van der Waals surface area contributed by atoms with Crippen molar-refractivity contribution in [2.75, 3.05) is 0 Å². The van der Waals surface area contributed by atoms with Crippen molar-refractivity contribution in [3.05, 3.63) is 81.6 Å². The lowest BCUT2D eigenvalue weighted by molar-refractivity contribution is 0.0613. The van der Waals surface area contributed by atoms with Crippen molar-refractivity contribution in [3.63, 3.8) is 0 Å². The first kappa shape index (κ1) is 21.4. The third-order valence-corrected chi connectivity index (χ3v) is 6.45. The summed E-state index contributed by atoms with van der Waals surface area (Å²) in [5.41, 5.74) is 3.29. The number of hydrogen-bond donors (Lipinski definition) is 1. The Kier molecular flexibility index (Phi) is 5.99. The molecule has 1 heterocycles. The number of carbonyl (C=O) groups excluding carboxylic acids is 1. The number of nitrogens with zero attached hydrogens (tertiary/aromatic N) is 1. The Hall–Kier alpha value is -2.88. The molecule has 3 aromatic rings. The van der Waals surface area contributed by atoms with Gasteiger partial charge >= 0.3 is 0 Å². The molecule has 0 bridgehead atoms. The van der Waals surface area contributed by atoms with Gasteiger partial charge in [0.05, 0.1) is 6.54 Å². The number of pyridine rings is 1. The molecule has 1 saturated carbocycles. The number of fused-ring (bicyclic) bond motifs is 1. The van der Waals surface area contributed by atoms with E-state index in [-0.39, 0.29) is 22.9 Å². The Balaban J connectivity index is 1.67. The van der Waals surface area contributed by atoms with Crippen molar-refractivity contribution < 1.29 is 4.79 Å². The number of aromatic nitrogens is 1. The Labute approximate surface area is 184 Å². The molecule has 1 aliphatic carbocycles. The predicted molar refractivity (Wildman–Crippen MR) is 126 cm³/mol. The Bertz CT molecular complexity index is 1120. The molecule has 2 aromatic carbocycles. The van der Waals surface area contributed by atoms with Gasteiger partial charge < -0.3 is 9.88 Å². The summed E-state index contributed by atoms with van der Waals surface area (Å²) in [5.74, 6) is 0.0138. The molecule has 31 heavy (non-hydrogen) atoms. The zero-order valence-electron chi connectivity index (χ0n) is 18.8. The van der Waals surface area contributed by atoms with Crippen LogP contribution in [0.2, 0.25) is 0 Å². The molecule has 4 heteroatoms. The number of aromatic amines is 1. The highest BCUT2D eigenvalue weighted by Crippen LogP contribution is 2.27. The van der Waals surface area contributed by atoms with E-state index in [9.17, 15) is 9.59 Å². The van der Waals surface area contributed by atoms with Gasteiger partial charge in [0, 0.05) is 22.7 Å². The molecule has 1 aliphatic rings. The summed E-state index contributed by atoms with van der Waals surface area (Å²) in [6.45, 7) is 6.85. The number of nitrogens with one attached hydrogen (secondary N) is 1. The maximum atomic E-state index is 13.6. The van der Waals surface area contributed by atoms with Crippen LogP contribution in [0.15, 0.2) is 59.4 Å². The van der Waals surface area contributed by atoms with Crippen LogP contribution in [0.1, 0.15) is 74.4 Å². The zero-order valence-corrected chi connectivity index (χ0v) is 18.8. The second kappa shape index (κ2) is 8.70. The van der Waals surface area contributed by atoms with Crippen LogP contribution in [0, 0.1) is 0 Å². The van der Waals surface area contributed by atoms with Crippen molar-refractivity contribution in [2.45, 2.75) is 70.9 Å². The highest BCUT2D eigenvalue weighted by Gasteiger charge is 2.27. The lowest BCUT2D eigenvalue weighted by atomic mass is 9.86. The van der Waals surface area contributed by atoms with Crippen molar-refractivity contribution >= 4 is 16.8 Å². The van der Waals surface area contributed by atoms with Crippen LogP contribution >= 0.6 is 0 Å². The van der Waals surface area contributed by atoms with E-state index in [0.717, 1.165) is 36.6 Å². The van der Waals surface area contributed by atoms with Gasteiger partial charge in [0.2, 0.25) is 0 Å². The molecule has 0 unspecified atom stereocenters. The molecule has 162 valence electrons. The zero-order chi connectivity index (χ0) is 22.0. The summed E-state index contributed by atoms with van der Waals surface area (Å²) in [7, 11) is 0. The van der Waals surface area contributed by atoms with Gasteiger partial charge in [0.15, 0.2) is 0 Å². The smallest absolute Gasteiger partial charge is 0.254 e. The SMILES string of the molecule is CC(C)(C)c1ccc(C(=O)N(Cc2cc3ccccc3[nH]c2=O)C2CCCCC2)cc1. The minimum Gasteiger partial charge on any atom is -0.331 e. The Morgan fingerprint density at radius 1 is 1.00 bits per heavy atom. The summed E-state index contributed by atoms with van der Waals surface area (Å²) in [6, 6.07) is 17.8. The van der Waals surface area contributed by atoms with Crippen molar-refractivity contribution in [2.24, 2.45) is 0 Å². The first-order valence-electron chi connectivity index (χ1n) is 11.4. The van der Waals surface area contributed by atoms with E-state index in [1.165, 1.54) is 12.0 Å². The van der Waals surface area contributed by atoms with Crippen molar-refractivity contribution in [3.8, 4) is 0 Å². The van der Waals surface area contributed by atoms with E-state index in [1.807, 2.05) is 47.4 Å². The van der Waals surface area contributed by atoms with Gasteiger partial charge in [-0.05, 0) is 53.5 Å². The molecule has 0 spiro atoms. The third kappa shape index (κ3) is 4.73. The largest absolute Gasteiger partial charge is 0.331 e. The Morgan fingerprint density at radius 2 is 1.68 bits per heavy atom. The van der Waals surface area contributed by atoms with Crippen LogP contribution in [0.4, 0.5) is 0 Å². The molecule has 1 aromatic heterocycles. The molecule has 1 fully saturated rings. The number of hydrogen-bond acceptors (Lipinski definition) is 2. The molecule has 0 radical (unpaired) electrons. The number of para-hydroxylation sites is 1. The first-order chi connectivity index (χ1) is 14.8. The lowest BCUT2D eigenvalue weighted by Crippen LogP contribution is -2.42. The fraction of sp³-hybridized carbons (Fsp3) is 0.407. The minimum atomic E-state index is -0.115. The fourth-order valence-electron chi connectivity index (χ4n) is 4.53. The van der Waals surface area contributed by atoms with E-state index >= 15 is 0 Å². The summed E-state index contributed by atoms with van der Waals surface area (Å²) in [5, 5.41) is 0.989. The maximum Gasteiger partial charge on any atom is 0.254 e. The summed E-state index contributed by atoms with van der Waals surface area (Å²) >= 11 is 0. The molecule has 4 rings (SSSR count). The van der Waals surface area contributed by atoms with E-state index in [0.29, 0.717) is 17.7 Å². The number of amides is 1. The predicted octanol–water partition coefficient (Wildman–Crippen LogP) is 5.80. The number of H-pyrrole nitrogens is 1. The summed E-state index contributed by atoms with van der Waals surface area (Å²) < 4.78 is 0. The highest BCUT2D eigenvalue weighted by atomic mass is 16.2. The average Bonchev–Trinajstić information content (AvgIpc) is 2.77. The number of benzene rings is 2. The van der Waals surface area contributed by atoms with Crippen LogP contribution < -0.4 is 5.56 Å². The van der Waals surface area contributed by atoms with Gasteiger partial charge in [-0.25, -0.2) is 0 Å². The van der Waals surface area contributed by atoms with E-state index in [1.54, 1.807) is 0 Å². The van der Waals surface area contributed by atoms with E-state index in [4.69, 9.17) is 0 Å². The monoisotopic (exact) mass is 416 g/mol. The maximum absolute atomic E-state index is 13.6. The number of carbonyl (C=O) groups is 1. The second-order valence-electron chi connectivity index (χ2n) is 9.76. The topological polar surface area (TPSA) is 53.2 Å². The Morgan fingerprint density at radius 3 is 2.35 bits per heavy atom. The van der Waals surface area contributed by atoms with Gasteiger partial charge in [0.1, 0.15) is 0 Å². The number of rotatable bonds is 4. The summed E-state index contributed by atoms with van der Waals surface area (Å²) in [4.78, 5) is 31.3. The molecular weight excluding hydrogens is 384 g/mol. The molecule has 0 atom stereocenters. The normalized spacial score (nSPS) is 15.2. The van der Waals surface area contributed by atoms with E-state index in [2.05, 4.69) is 37.9 Å². The second-order valence-corrected chi connectivity index (χ2v) is 9.76. The molecule has 1 amide bonds. The highest BCUT2D eigenvalue weighted by molar-refractivity contribution is 5.94. The van der Waals surface area contributed by atoms with Crippen LogP contribution in [0.25, 0.3) is 10.9 Å². The van der Waals surface area contributed by atoms with Crippen LogP contribution in [0.5, 0.6) is 0 Å². The van der Waals surface area contributed by atoms with Crippen molar-refractivity contribution in [1.29, 1.82) is 0 Å². The fourth-order valence-corrected chi connectivity index (χ4v) is 4.53. The van der Waals surface area contributed by atoms with Crippen LogP contribution in [-0.4, -0.2) is 21.8 Å². The van der Waals surface area contributed by atoms with Gasteiger partial charge in [0.25, 0.3) is 11.5 Å². The molecule has 0 saturated heterocycles. The molecule has 0 aliphatic heterocycles.